The molecule has 1 saturated heterocycles. The number of quaternary nitrogens is 1. The lowest BCUT2D eigenvalue weighted by molar-refractivity contribution is -0.737. The van der Waals surface area contributed by atoms with Crippen molar-refractivity contribution in [1.82, 2.24) is 0 Å². The molecule has 0 unspecified atom stereocenters. The first kappa shape index (κ1) is 12.1. The molecule has 0 radical (unpaired) electrons. The average Bonchev–Trinajstić information content (AvgIpc) is 2.48. The standard InChI is InChI=1S/C17H17NO/c19-15-11-16(13-7-3-1-4-8-13)18-17(12-15)14-9-5-2-6-10-14/h1-10,16-18H,11-12H2/p+1/t16-,17-/m1/s1. The van der Waals surface area contributed by atoms with Gasteiger partial charge in [-0.1, -0.05) is 60.7 Å². The number of hydrogen-bond acceptors (Lipinski definition) is 1. The van der Waals surface area contributed by atoms with E-state index in [0.717, 1.165) is 0 Å². The monoisotopic (exact) mass is 252 g/mol. The van der Waals surface area contributed by atoms with E-state index in [4.69, 9.17) is 0 Å². The van der Waals surface area contributed by atoms with Crippen molar-refractivity contribution >= 4 is 5.78 Å². The molecule has 96 valence electrons. The second kappa shape index (κ2) is 5.37. The van der Waals surface area contributed by atoms with Gasteiger partial charge in [0.1, 0.15) is 17.9 Å². The number of Topliss-reactive ketones (excluding diaryl/α,β-unsaturated/α-hetero) is 1. The molecule has 0 aromatic heterocycles. The number of hydrogen-bond donors (Lipinski definition) is 1. The van der Waals surface area contributed by atoms with Gasteiger partial charge in [0.05, 0.1) is 12.8 Å². The number of carbonyl (C=O) groups excluding carboxylic acids is 1. The predicted octanol–water partition coefficient (Wildman–Crippen LogP) is 2.40. The summed E-state index contributed by atoms with van der Waals surface area (Å²) in [6.07, 6.45) is 1.29. The van der Waals surface area contributed by atoms with E-state index in [-0.39, 0.29) is 12.1 Å². The third-order valence-electron chi connectivity index (χ3n) is 3.82. The SMILES string of the molecule is O=C1C[C@H](c2ccccc2)[NH2+][C@@H](c2ccccc2)C1. The molecule has 0 saturated carbocycles. The highest BCUT2D eigenvalue weighted by Gasteiger charge is 2.31. The summed E-state index contributed by atoms with van der Waals surface area (Å²) in [6.45, 7) is 0. The molecule has 2 heteroatoms. The van der Waals surface area contributed by atoms with Crippen LogP contribution in [0.2, 0.25) is 0 Å². The van der Waals surface area contributed by atoms with E-state index >= 15 is 0 Å². The molecule has 1 heterocycles. The van der Waals surface area contributed by atoms with E-state index in [9.17, 15) is 4.79 Å². The maximum atomic E-state index is 12.0. The number of piperidine rings is 1. The Balaban J connectivity index is 1.84. The molecular weight excluding hydrogens is 234 g/mol. The van der Waals surface area contributed by atoms with Gasteiger partial charge in [-0.3, -0.25) is 4.79 Å². The first-order valence-corrected chi connectivity index (χ1v) is 6.79. The van der Waals surface area contributed by atoms with Crippen molar-refractivity contribution in [1.29, 1.82) is 0 Å². The Bertz CT molecular complexity index is 500. The van der Waals surface area contributed by atoms with Gasteiger partial charge in [-0.15, -0.1) is 0 Å². The van der Waals surface area contributed by atoms with Crippen LogP contribution in [0.5, 0.6) is 0 Å². The molecule has 0 aliphatic carbocycles. The summed E-state index contributed by atoms with van der Waals surface area (Å²) >= 11 is 0. The molecule has 0 amide bonds. The van der Waals surface area contributed by atoms with Crippen LogP contribution in [-0.4, -0.2) is 5.78 Å². The van der Waals surface area contributed by atoms with Crippen molar-refractivity contribution in [3.8, 4) is 0 Å². The number of nitrogens with two attached hydrogens (primary N) is 1. The van der Waals surface area contributed by atoms with Crippen LogP contribution in [0.3, 0.4) is 0 Å². The van der Waals surface area contributed by atoms with E-state index in [1.807, 2.05) is 36.4 Å². The minimum Gasteiger partial charge on any atom is -0.333 e. The average molecular weight is 252 g/mol. The molecule has 2 nitrogen and oxygen atoms in total. The van der Waals surface area contributed by atoms with Crippen LogP contribution in [0.1, 0.15) is 36.1 Å². The fourth-order valence-electron chi connectivity index (χ4n) is 2.85. The van der Waals surface area contributed by atoms with E-state index in [1.54, 1.807) is 0 Å². The lowest BCUT2D eigenvalue weighted by atomic mass is 9.89. The Morgan fingerprint density at radius 3 is 1.58 bits per heavy atom. The van der Waals surface area contributed by atoms with Crippen molar-refractivity contribution in [2.24, 2.45) is 0 Å². The minimum absolute atomic E-state index is 0.257. The molecule has 2 atom stereocenters. The smallest absolute Gasteiger partial charge is 0.145 e. The van der Waals surface area contributed by atoms with Gasteiger partial charge in [0.15, 0.2) is 0 Å². The first-order chi connectivity index (χ1) is 9.33. The van der Waals surface area contributed by atoms with Gasteiger partial charge in [-0.25, -0.2) is 0 Å². The van der Waals surface area contributed by atoms with Crippen LogP contribution in [0, 0.1) is 0 Å². The van der Waals surface area contributed by atoms with E-state index in [2.05, 4.69) is 29.6 Å². The Labute approximate surface area is 113 Å². The summed E-state index contributed by atoms with van der Waals surface area (Å²) in [5.74, 6) is 0.366. The normalized spacial score (nSPS) is 23.3. The number of carbonyl (C=O) groups is 1. The van der Waals surface area contributed by atoms with Crippen LogP contribution in [0.15, 0.2) is 60.7 Å². The molecule has 1 aliphatic heterocycles. The fraction of sp³-hybridized carbons (Fsp3) is 0.235. The van der Waals surface area contributed by atoms with Crippen molar-refractivity contribution in [2.45, 2.75) is 24.9 Å². The van der Waals surface area contributed by atoms with Crippen LogP contribution in [0.4, 0.5) is 0 Å². The molecule has 3 rings (SSSR count). The maximum Gasteiger partial charge on any atom is 0.145 e. The quantitative estimate of drug-likeness (QED) is 0.875. The van der Waals surface area contributed by atoms with Crippen molar-refractivity contribution in [2.75, 3.05) is 0 Å². The van der Waals surface area contributed by atoms with Crippen LogP contribution < -0.4 is 5.32 Å². The van der Waals surface area contributed by atoms with Gasteiger partial charge in [0, 0.05) is 11.1 Å². The van der Waals surface area contributed by atoms with E-state index < -0.39 is 0 Å². The van der Waals surface area contributed by atoms with Gasteiger partial charge < -0.3 is 5.32 Å². The van der Waals surface area contributed by atoms with Gasteiger partial charge >= 0.3 is 0 Å². The van der Waals surface area contributed by atoms with Gasteiger partial charge in [0.25, 0.3) is 0 Å². The lowest BCUT2D eigenvalue weighted by Crippen LogP contribution is -2.88. The Morgan fingerprint density at radius 2 is 1.16 bits per heavy atom. The Kier molecular flexibility index (Phi) is 3.43. The van der Waals surface area contributed by atoms with E-state index in [0.29, 0.717) is 18.6 Å². The van der Waals surface area contributed by atoms with Crippen LogP contribution in [-0.2, 0) is 4.79 Å². The molecule has 19 heavy (non-hydrogen) atoms. The molecule has 1 aliphatic rings. The van der Waals surface area contributed by atoms with Gasteiger partial charge in [-0.05, 0) is 0 Å². The highest BCUT2D eigenvalue weighted by molar-refractivity contribution is 5.80. The molecule has 2 aromatic carbocycles. The van der Waals surface area contributed by atoms with Crippen LogP contribution in [0.25, 0.3) is 0 Å². The largest absolute Gasteiger partial charge is 0.333 e. The van der Waals surface area contributed by atoms with Gasteiger partial charge in [-0.2, -0.15) is 0 Å². The lowest BCUT2D eigenvalue weighted by Gasteiger charge is -2.27. The summed E-state index contributed by atoms with van der Waals surface area (Å²) in [5.41, 5.74) is 2.49. The molecule has 2 N–H and O–H groups in total. The van der Waals surface area contributed by atoms with Crippen molar-refractivity contribution in [3.05, 3.63) is 71.8 Å². The Morgan fingerprint density at radius 1 is 0.737 bits per heavy atom. The number of benzene rings is 2. The third kappa shape index (κ3) is 2.74. The summed E-state index contributed by atoms with van der Waals surface area (Å²) in [5, 5.41) is 2.34. The van der Waals surface area contributed by atoms with E-state index in [1.165, 1.54) is 11.1 Å². The fourth-order valence-corrected chi connectivity index (χ4v) is 2.85. The first-order valence-electron chi connectivity index (χ1n) is 6.79. The second-order valence-corrected chi connectivity index (χ2v) is 5.17. The predicted molar refractivity (Wildman–Crippen MR) is 74.5 cm³/mol. The van der Waals surface area contributed by atoms with Crippen molar-refractivity contribution in [3.63, 3.8) is 0 Å². The minimum atomic E-state index is 0.257. The molecule has 1 fully saturated rings. The zero-order chi connectivity index (χ0) is 13.1. The zero-order valence-electron chi connectivity index (χ0n) is 10.8. The summed E-state index contributed by atoms with van der Waals surface area (Å²) in [7, 11) is 0. The molecule has 0 spiro atoms. The highest BCUT2D eigenvalue weighted by Crippen LogP contribution is 2.24. The molecule has 2 aromatic rings. The highest BCUT2D eigenvalue weighted by atomic mass is 16.1. The van der Waals surface area contributed by atoms with Crippen LogP contribution >= 0.6 is 0 Å². The summed E-state index contributed by atoms with van der Waals surface area (Å²) in [6, 6.07) is 21.2. The topological polar surface area (TPSA) is 33.7 Å². The third-order valence-corrected chi connectivity index (χ3v) is 3.82. The number of ketones is 1. The Hall–Kier alpha value is -1.93. The maximum absolute atomic E-state index is 12.0. The summed E-state index contributed by atoms with van der Waals surface area (Å²) < 4.78 is 0. The molecular formula is C17H18NO+. The number of rotatable bonds is 2. The second-order valence-electron chi connectivity index (χ2n) is 5.17. The molecule has 0 bridgehead atoms. The summed E-state index contributed by atoms with van der Waals surface area (Å²) in [4.78, 5) is 12.0. The van der Waals surface area contributed by atoms with Crippen molar-refractivity contribution < 1.29 is 10.1 Å². The van der Waals surface area contributed by atoms with Gasteiger partial charge in [0.2, 0.25) is 0 Å². The zero-order valence-corrected chi connectivity index (χ0v) is 10.8.